The second-order valence-electron chi connectivity index (χ2n) is 2.40. The molecule has 0 rings (SSSR count). The summed E-state index contributed by atoms with van der Waals surface area (Å²) in [6.45, 7) is 4.76. The fraction of sp³-hybridized carbons (Fsp3) is 0.625. The van der Waals surface area contributed by atoms with Crippen LogP contribution in [0.1, 0.15) is 13.8 Å². The van der Waals surface area contributed by atoms with Crippen molar-refractivity contribution < 1.29 is 18.0 Å². The molecule has 0 saturated carbocycles. The maximum absolute atomic E-state index is 11.7. The summed E-state index contributed by atoms with van der Waals surface area (Å²) in [5.41, 5.74) is 0. The van der Waals surface area contributed by atoms with Gasteiger partial charge in [-0.05, 0) is 13.8 Å². The van der Waals surface area contributed by atoms with E-state index in [-0.39, 0.29) is 0 Å². The molecule has 0 fully saturated rings. The maximum Gasteiger partial charge on any atom is 0.454 e. The molecule has 0 aromatic carbocycles. The Labute approximate surface area is 75.0 Å². The van der Waals surface area contributed by atoms with Gasteiger partial charge in [0.05, 0.1) is 0 Å². The molecule has 0 aliphatic carbocycles. The van der Waals surface area contributed by atoms with E-state index in [4.69, 9.17) is 0 Å². The van der Waals surface area contributed by atoms with Crippen molar-refractivity contribution >= 4 is 5.78 Å². The monoisotopic (exact) mass is 195 g/mol. The highest BCUT2D eigenvalue weighted by Crippen LogP contribution is 2.16. The van der Waals surface area contributed by atoms with Crippen LogP contribution in [0.3, 0.4) is 0 Å². The van der Waals surface area contributed by atoms with Crippen molar-refractivity contribution in [3.05, 3.63) is 12.3 Å². The molecular formula is C8H12F3NO. The van der Waals surface area contributed by atoms with Crippen molar-refractivity contribution in [2.24, 2.45) is 0 Å². The highest BCUT2D eigenvalue weighted by atomic mass is 19.4. The number of rotatable bonds is 4. The van der Waals surface area contributed by atoms with E-state index in [0.29, 0.717) is 19.2 Å². The van der Waals surface area contributed by atoms with Gasteiger partial charge in [0.1, 0.15) is 0 Å². The minimum Gasteiger partial charge on any atom is -0.378 e. The first-order valence-corrected chi connectivity index (χ1v) is 3.95. The average Bonchev–Trinajstić information content (AvgIpc) is 2.04. The van der Waals surface area contributed by atoms with Gasteiger partial charge in [-0.25, -0.2) is 0 Å². The Bertz CT molecular complexity index is 194. The quantitative estimate of drug-likeness (QED) is 0.639. The van der Waals surface area contributed by atoms with Crippen LogP contribution >= 0.6 is 0 Å². The number of hydrogen-bond acceptors (Lipinski definition) is 2. The van der Waals surface area contributed by atoms with Crippen LogP contribution < -0.4 is 0 Å². The van der Waals surface area contributed by atoms with Crippen LogP contribution in [0.4, 0.5) is 13.2 Å². The third-order valence-corrected chi connectivity index (χ3v) is 1.53. The van der Waals surface area contributed by atoms with E-state index < -0.39 is 12.0 Å². The Kier molecular flexibility index (Phi) is 4.51. The standard InChI is InChI=1S/C8H12F3NO/c1-3-12(4-2)6-5-7(13)8(9,10)11/h5-6H,3-4H2,1-2H3/b6-5+. The van der Waals surface area contributed by atoms with E-state index in [1.165, 1.54) is 0 Å². The lowest BCUT2D eigenvalue weighted by Crippen LogP contribution is -2.22. The van der Waals surface area contributed by atoms with Crippen molar-refractivity contribution in [3.8, 4) is 0 Å². The molecule has 0 aliphatic rings. The van der Waals surface area contributed by atoms with E-state index in [1.807, 2.05) is 0 Å². The second-order valence-corrected chi connectivity index (χ2v) is 2.40. The average molecular weight is 195 g/mol. The number of hydrogen-bond donors (Lipinski definition) is 0. The van der Waals surface area contributed by atoms with Crippen molar-refractivity contribution in [2.75, 3.05) is 13.1 Å². The molecule has 0 aliphatic heterocycles. The lowest BCUT2D eigenvalue weighted by molar-refractivity contribution is -0.165. The Morgan fingerprint density at radius 1 is 1.31 bits per heavy atom. The van der Waals surface area contributed by atoms with Crippen LogP contribution in [-0.2, 0) is 4.79 Å². The van der Waals surface area contributed by atoms with Gasteiger partial charge in [0.15, 0.2) is 0 Å². The molecule has 0 aromatic heterocycles. The van der Waals surface area contributed by atoms with Crippen LogP contribution in [0.5, 0.6) is 0 Å². The number of allylic oxidation sites excluding steroid dienone is 1. The zero-order valence-corrected chi connectivity index (χ0v) is 7.56. The van der Waals surface area contributed by atoms with Gasteiger partial charge in [-0.2, -0.15) is 13.2 Å². The molecule has 0 saturated heterocycles. The van der Waals surface area contributed by atoms with Gasteiger partial charge in [0, 0.05) is 25.4 Å². The maximum atomic E-state index is 11.7. The highest BCUT2D eigenvalue weighted by Gasteiger charge is 2.36. The number of carbonyl (C=O) groups is 1. The topological polar surface area (TPSA) is 20.3 Å². The van der Waals surface area contributed by atoms with E-state index in [2.05, 4.69) is 0 Å². The minimum atomic E-state index is -4.76. The van der Waals surface area contributed by atoms with Crippen molar-refractivity contribution in [1.82, 2.24) is 4.90 Å². The molecule has 76 valence electrons. The SMILES string of the molecule is CCN(/C=C/C(=O)C(F)(F)F)CC. The van der Waals surface area contributed by atoms with Crippen molar-refractivity contribution in [3.63, 3.8) is 0 Å². The third kappa shape index (κ3) is 4.55. The first-order valence-electron chi connectivity index (χ1n) is 3.95. The number of nitrogens with zero attached hydrogens (tertiary/aromatic N) is 1. The second kappa shape index (κ2) is 4.89. The Hall–Kier alpha value is -1.00. The van der Waals surface area contributed by atoms with Crippen LogP contribution in [0.2, 0.25) is 0 Å². The summed E-state index contributed by atoms with van der Waals surface area (Å²) in [5.74, 6) is -1.82. The normalized spacial score (nSPS) is 12.1. The van der Waals surface area contributed by atoms with Gasteiger partial charge in [-0.15, -0.1) is 0 Å². The molecule has 0 bridgehead atoms. The summed E-state index contributed by atoms with van der Waals surface area (Å²) < 4.78 is 35.1. The first kappa shape index (κ1) is 12.0. The van der Waals surface area contributed by atoms with Crippen LogP contribution in [0.25, 0.3) is 0 Å². The fourth-order valence-corrected chi connectivity index (χ4v) is 0.702. The lowest BCUT2D eigenvalue weighted by atomic mass is 10.3. The minimum absolute atomic E-state index is 0.549. The van der Waals surface area contributed by atoms with Crippen LogP contribution in [0, 0.1) is 0 Å². The van der Waals surface area contributed by atoms with Crippen molar-refractivity contribution in [2.45, 2.75) is 20.0 Å². The molecule has 0 atom stereocenters. The molecular weight excluding hydrogens is 183 g/mol. The molecule has 0 spiro atoms. The summed E-state index contributed by atoms with van der Waals surface area (Å²) in [6, 6.07) is 0. The molecule has 13 heavy (non-hydrogen) atoms. The molecule has 2 nitrogen and oxygen atoms in total. The Morgan fingerprint density at radius 2 is 1.77 bits per heavy atom. The van der Waals surface area contributed by atoms with E-state index >= 15 is 0 Å². The molecule has 0 N–H and O–H groups in total. The molecule has 0 radical (unpaired) electrons. The van der Waals surface area contributed by atoms with E-state index in [1.54, 1.807) is 18.7 Å². The molecule has 0 amide bonds. The van der Waals surface area contributed by atoms with Gasteiger partial charge in [-0.3, -0.25) is 4.79 Å². The Morgan fingerprint density at radius 3 is 2.08 bits per heavy atom. The fourth-order valence-electron chi connectivity index (χ4n) is 0.702. The summed E-state index contributed by atoms with van der Waals surface area (Å²) in [6.07, 6.45) is -3.05. The summed E-state index contributed by atoms with van der Waals surface area (Å²) in [7, 11) is 0. The van der Waals surface area contributed by atoms with E-state index in [0.717, 1.165) is 6.20 Å². The molecule has 0 unspecified atom stereocenters. The zero-order chi connectivity index (χ0) is 10.5. The number of halogens is 3. The zero-order valence-electron chi connectivity index (χ0n) is 7.56. The molecule has 5 heteroatoms. The largest absolute Gasteiger partial charge is 0.454 e. The number of ketones is 1. The van der Waals surface area contributed by atoms with Gasteiger partial charge in [0.25, 0.3) is 5.78 Å². The number of carbonyl (C=O) groups excluding carboxylic acids is 1. The smallest absolute Gasteiger partial charge is 0.378 e. The van der Waals surface area contributed by atoms with E-state index in [9.17, 15) is 18.0 Å². The summed E-state index contributed by atoms with van der Waals surface area (Å²) in [4.78, 5) is 12.0. The van der Waals surface area contributed by atoms with Crippen LogP contribution in [0.15, 0.2) is 12.3 Å². The van der Waals surface area contributed by atoms with Gasteiger partial charge in [-0.1, -0.05) is 0 Å². The molecule has 0 aromatic rings. The lowest BCUT2D eigenvalue weighted by Gasteiger charge is -2.14. The van der Waals surface area contributed by atoms with Crippen LogP contribution in [-0.4, -0.2) is 29.9 Å². The summed E-state index contributed by atoms with van der Waals surface area (Å²) in [5, 5.41) is 0. The molecule has 0 heterocycles. The van der Waals surface area contributed by atoms with Gasteiger partial charge < -0.3 is 4.90 Å². The third-order valence-electron chi connectivity index (χ3n) is 1.53. The van der Waals surface area contributed by atoms with Gasteiger partial charge in [0.2, 0.25) is 0 Å². The highest BCUT2D eigenvalue weighted by molar-refractivity contribution is 5.94. The first-order chi connectivity index (χ1) is 5.91. The van der Waals surface area contributed by atoms with Crippen molar-refractivity contribution in [1.29, 1.82) is 0 Å². The summed E-state index contributed by atoms with van der Waals surface area (Å²) >= 11 is 0. The predicted octanol–water partition coefficient (Wildman–Crippen LogP) is 1.97. The Balaban J connectivity index is 4.19. The predicted molar refractivity (Wildman–Crippen MR) is 43.1 cm³/mol. The van der Waals surface area contributed by atoms with Gasteiger partial charge >= 0.3 is 6.18 Å². The number of alkyl halides is 3.